The number of nitrogens with one attached hydrogen (secondary N) is 1. The van der Waals surface area contributed by atoms with Gasteiger partial charge in [0.05, 0.1) is 7.11 Å². The Morgan fingerprint density at radius 3 is 2.80 bits per heavy atom. The molecule has 0 bridgehead atoms. The van der Waals surface area contributed by atoms with Crippen LogP contribution in [0.25, 0.3) is 0 Å². The van der Waals surface area contributed by atoms with E-state index in [1.54, 1.807) is 0 Å². The summed E-state index contributed by atoms with van der Waals surface area (Å²) in [4.78, 5) is 24.5. The van der Waals surface area contributed by atoms with Crippen LogP contribution < -0.4 is 5.32 Å². The van der Waals surface area contributed by atoms with Gasteiger partial charge in [0.25, 0.3) is 0 Å². The Hall–Kier alpha value is -1.14. The summed E-state index contributed by atoms with van der Waals surface area (Å²) in [5.41, 5.74) is 0. The van der Waals surface area contributed by atoms with E-state index in [0.29, 0.717) is 19.6 Å². The zero-order valence-electron chi connectivity index (χ0n) is 8.99. The fourth-order valence-electron chi connectivity index (χ4n) is 1.56. The van der Waals surface area contributed by atoms with Gasteiger partial charge in [-0.15, -0.1) is 0 Å². The highest BCUT2D eigenvalue weighted by Crippen LogP contribution is 2.05. The third kappa shape index (κ3) is 2.90. The van der Waals surface area contributed by atoms with Crippen LogP contribution in [0.1, 0.15) is 0 Å². The number of hydrogen-bond donors (Lipinski definition) is 1. The summed E-state index contributed by atoms with van der Waals surface area (Å²) in [5.74, 6) is -0.582. The number of rotatable bonds is 3. The maximum atomic E-state index is 11.6. The van der Waals surface area contributed by atoms with Crippen LogP contribution in [0.2, 0.25) is 0 Å². The van der Waals surface area contributed by atoms with E-state index in [9.17, 15) is 9.59 Å². The molecule has 0 saturated carbocycles. The molecule has 0 radical (unpaired) electrons. The highest BCUT2D eigenvalue weighted by Gasteiger charge is 2.32. The van der Waals surface area contributed by atoms with Crippen LogP contribution in [-0.4, -0.2) is 63.3 Å². The van der Waals surface area contributed by atoms with Crippen molar-refractivity contribution in [1.29, 1.82) is 0 Å². The highest BCUT2D eigenvalue weighted by molar-refractivity contribution is 5.85. The Kier molecular flexibility index (Phi) is 4.51. The molecule has 1 unspecified atom stereocenters. The molecule has 0 aromatic heterocycles. The zero-order chi connectivity index (χ0) is 11.3. The first kappa shape index (κ1) is 11.9. The van der Waals surface area contributed by atoms with Gasteiger partial charge in [0.15, 0.2) is 0 Å². The van der Waals surface area contributed by atoms with Crippen molar-refractivity contribution in [3.8, 4) is 0 Å². The van der Waals surface area contributed by atoms with Crippen LogP contribution in [-0.2, 0) is 19.1 Å². The maximum absolute atomic E-state index is 11.6. The number of methoxy groups -OCH3 is 2. The lowest BCUT2D eigenvalue weighted by Crippen LogP contribution is -2.58. The van der Waals surface area contributed by atoms with Crippen molar-refractivity contribution in [2.75, 3.05) is 40.5 Å². The van der Waals surface area contributed by atoms with Crippen molar-refractivity contribution < 1.29 is 19.1 Å². The minimum absolute atomic E-state index is 0.00645. The molecule has 1 rings (SSSR count). The lowest BCUT2D eigenvalue weighted by atomic mass is 10.2. The molecule has 1 fully saturated rings. The van der Waals surface area contributed by atoms with E-state index in [1.165, 1.54) is 19.1 Å². The fourth-order valence-corrected chi connectivity index (χ4v) is 1.56. The Balaban J connectivity index is 2.65. The van der Waals surface area contributed by atoms with Gasteiger partial charge in [-0.2, -0.15) is 0 Å². The highest BCUT2D eigenvalue weighted by atomic mass is 16.5. The summed E-state index contributed by atoms with van der Waals surface area (Å²) in [6.45, 7) is 1.61. The van der Waals surface area contributed by atoms with Crippen LogP contribution in [0.4, 0.5) is 0 Å². The average Bonchev–Trinajstić information content (AvgIpc) is 2.28. The van der Waals surface area contributed by atoms with Gasteiger partial charge >= 0.3 is 5.97 Å². The molecule has 1 atom stereocenters. The predicted molar refractivity (Wildman–Crippen MR) is 52.3 cm³/mol. The molecule has 1 aliphatic rings. The molecule has 6 nitrogen and oxygen atoms in total. The number of hydrogen-bond acceptors (Lipinski definition) is 5. The molecule has 15 heavy (non-hydrogen) atoms. The van der Waals surface area contributed by atoms with E-state index in [-0.39, 0.29) is 12.5 Å². The van der Waals surface area contributed by atoms with Gasteiger partial charge in [-0.25, -0.2) is 4.79 Å². The van der Waals surface area contributed by atoms with Gasteiger partial charge in [-0.1, -0.05) is 0 Å². The predicted octanol–water partition coefficient (Wildman–Crippen LogP) is -1.39. The van der Waals surface area contributed by atoms with Crippen LogP contribution >= 0.6 is 0 Å². The number of amides is 1. The summed E-state index contributed by atoms with van der Waals surface area (Å²) in [7, 11) is 2.77. The van der Waals surface area contributed by atoms with Crippen LogP contribution in [0.5, 0.6) is 0 Å². The molecule has 0 aromatic rings. The SMILES string of the molecule is COCC(=O)N1CCNCC1C(=O)OC. The summed E-state index contributed by atoms with van der Waals surface area (Å²) in [6.07, 6.45) is 0. The second-order valence-corrected chi connectivity index (χ2v) is 3.26. The minimum atomic E-state index is -0.536. The minimum Gasteiger partial charge on any atom is -0.467 e. The van der Waals surface area contributed by atoms with Gasteiger partial charge in [-0.05, 0) is 0 Å². The Labute approximate surface area is 88.5 Å². The third-order valence-electron chi connectivity index (χ3n) is 2.30. The molecule has 1 saturated heterocycles. The first-order valence-corrected chi connectivity index (χ1v) is 4.77. The molecule has 1 amide bonds. The fraction of sp³-hybridized carbons (Fsp3) is 0.778. The van der Waals surface area contributed by atoms with Gasteiger partial charge < -0.3 is 19.7 Å². The number of carbonyl (C=O) groups excluding carboxylic acids is 2. The zero-order valence-corrected chi connectivity index (χ0v) is 8.99. The summed E-state index contributed by atoms with van der Waals surface area (Å²) < 4.78 is 9.39. The molecule has 0 aliphatic carbocycles. The maximum Gasteiger partial charge on any atom is 0.329 e. The van der Waals surface area contributed by atoms with E-state index in [0.717, 1.165) is 0 Å². The lowest BCUT2D eigenvalue weighted by molar-refractivity contribution is -0.155. The topological polar surface area (TPSA) is 67.9 Å². The van der Waals surface area contributed by atoms with Gasteiger partial charge in [0, 0.05) is 26.7 Å². The Bertz CT molecular complexity index is 244. The Morgan fingerprint density at radius 2 is 2.20 bits per heavy atom. The second-order valence-electron chi connectivity index (χ2n) is 3.26. The monoisotopic (exact) mass is 216 g/mol. The molecule has 86 valence electrons. The van der Waals surface area contributed by atoms with Gasteiger partial charge in [0.2, 0.25) is 5.91 Å². The van der Waals surface area contributed by atoms with E-state index in [4.69, 9.17) is 4.74 Å². The van der Waals surface area contributed by atoms with Crippen LogP contribution in [0, 0.1) is 0 Å². The number of ether oxygens (including phenoxy) is 2. The lowest BCUT2D eigenvalue weighted by Gasteiger charge is -2.34. The average molecular weight is 216 g/mol. The van der Waals surface area contributed by atoms with Crippen molar-refractivity contribution in [1.82, 2.24) is 10.2 Å². The number of piperazine rings is 1. The number of carbonyl (C=O) groups is 2. The van der Waals surface area contributed by atoms with Crippen molar-refractivity contribution in [3.63, 3.8) is 0 Å². The van der Waals surface area contributed by atoms with Gasteiger partial charge in [0.1, 0.15) is 12.6 Å². The smallest absolute Gasteiger partial charge is 0.329 e. The first-order chi connectivity index (χ1) is 7.20. The molecular weight excluding hydrogens is 200 g/mol. The summed E-state index contributed by atoms with van der Waals surface area (Å²) in [5, 5.41) is 3.04. The molecular formula is C9H16N2O4. The molecule has 6 heteroatoms. The third-order valence-corrected chi connectivity index (χ3v) is 2.30. The van der Waals surface area contributed by atoms with Crippen molar-refractivity contribution in [2.45, 2.75) is 6.04 Å². The summed E-state index contributed by atoms with van der Waals surface area (Å²) in [6, 6.07) is -0.536. The summed E-state index contributed by atoms with van der Waals surface area (Å²) >= 11 is 0. The standard InChI is InChI=1S/C9H16N2O4/c1-14-6-8(12)11-4-3-10-5-7(11)9(13)15-2/h7,10H,3-6H2,1-2H3. The Morgan fingerprint density at radius 1 is 1.47 bits per heavy atom. The van der Waals surface area contributed by atoms with Crippen molar-refractivity contribution in [3.05, 3.63) is 0 Å². The number of nitrogens with zero attached hydrogens (tertiary/aromatic N) is 1. The van der Waals surface area contributed by atoms with Gasteiger partial charge in [-0.3, -0.25) is 4.79 Å². The molecule has 0 spiro atoms. The molecule has 0 aromatic carbocycles. The van der Waals surface area contributed by atoms with E-state index < -0.39 is 12.0 Å². The quantitative estimate of drug-likeness (QED) is 0.588. The van der Waals surface area contributed by atoms with Crippen LogP contribution in [0.3, 0.4) is 0 Å². The largest absolute Gasteiger partial charge is 0.467 e. The normalized spacial score (nSPS) is 21.2. The second kappa shape index (κ2) is 5.67. The van der Waals surface area contributed by atoms with Crippen molar-refractivity contribution >= 4 is 11.9 Å². The molecule has 1 heterocycles. The van der Waals surface area contributed by atoms with Crippen molar-refractivity contribution in [2.24, 2.45) is 0 Å². The van der Waals surface area contributed by atoms with E-state index >= 15 is 0 Å². The first-order valence-electron chi connectivity index (χ1n) is 4.77. The molecule has 1 N–H and O–H groups in total. The van der Waals surface area contributed by atoms with E-state index in [2.05, 4.69) is 10.1 Å². The number of esters is 1. The van der Waals surface area contributed by atoms with E-state index in [1.807, 2.05) is 0 Å². The molecule has 1 aliphatic heterocycles. The van der Waals surface area contributed by atoms with Crippen LogP contribution in [0.15, 0.2) is 0 Å².